The standard InChI is InChI=1S/C3H8NO.HI.Mn/c1-4-3-5-2;;/h3-4H,1-2H3;1H;/q-1;;+2/p-1. The van der Waals surface area contributed by atoms with Gasteiger partial charge in [0.25, 0.3) is 0 Å². The number of hydrogen-bond donors (Lipinski definition) is 1. The van der Waals surface area contributed by atoms with E-state index in [1.165, 1.54) is 6.73 Å². The van der Waals surface area contributed by atoms with Gasteiger partial charge < -0.3 is 10.1 Å². The first kappa shape index (κ1) is 11.0. The van der Waals surface area contributed by atoms with Crippen LogP contribution in [0.15, 0.2) is 0 Å². The van der Waals surface area contributed by atoms with Gasteiger partial charge in [0.1, 0.15) is 0 Å². The van der Waals surface area contributed by atoms with Gasteiger partial charge in [0.15, 0.2) is 0 Å². The van der Waals surface area contributed by atoms with Crippen molar-refractivity contribution in [1.82, 2.24) is 5.32 Å². The summed E-state index contributed by atoms with van der Waals surface area (Å²) in [6.07, 6.45) is 0. The van der Waals surface area contributed by atoms with Crippen LogP contribution >= 0.6 is 20.3 Å². The molecule has 0 fully saturated rings. The summed E-state index contributed by atoms with van der Waals surface area (Å²) in [5, 5.41) is 2.67. The third kappa shape index (κ3) is 19.1. The van der Waals surface area contributed by atoms with Crippen molar-refractivity contribution in [2.45, 2.75) is 0 Å². The molecule has 0 aromatic heterocycles. The second-order valence-electron chi connectivity index (χ2n) is 0.642. The van der Waals surface area contributed by atoms with E-state index < -0.39 is 0 Å². The number of nitrogens with one attached hydrogen (secondary N) is 1. The Labute approximate surface area is 63.9 Å². The first-order valence-electron chi connectivity index (χ1n) is 1.58. The minimum absolute atomic E-state index is 1.50. The van der Waals surface area contributed by atoms with E-state index >= 15 is 0 Å². The van der Waals surface area contributed by atoms with E-state index in [1.807, 2.05) is 20.3 Å². The van der Waals surface area contributed by atoms with Gasteiger partial charge in [0.2, 0.25) is 0 Å². The summed E-state index contributed by atoms with van der Waals surface area (Å²) in [5.41, 5.74) is 0. The van der Waals surface area contributed by atoms with Gasteiger partial charge in [-0.1, -0.05) is 0 Å². The van der Waals surface area contributed by atoms with Crippen molar-refractivity contribution >= 4 is 20.3 Å². The monoisotopic (exact) mass is 256 g/mol. The SMILES string of the molecule is CN[CH-]OC.[Mn+][I]. The fourth-order valence-electron chi connectivity index (χ4n) is 0.118. The van der Waals surface area contributed by atoms with Crippen LogP contribution in [0.1, 0.15) is 0 Å². The van der Waals surface area contributed by atoms with Crippen molar-refractivity contribution in [3.05, 3.63) is 6.73 Å². The topological polar surface area (TPSA) is 21.3 Å². The third-order valence-electron chi connectivity index (χ3n) is 0.236. The summed E-state index contributed by atoms with van der Waals surface area (Å²) >= 11 is 4.87. The average molecular weight is 256 g/mol. The van der Waals surface area contributed by atoms with Crippen LogP contribution in [0.3, 0.4) is 0 Å². The normalized spacial score (nSPS) is 6.71. The third-order valence-corrected chi connectivity index (χ3v) is 0.236. The first-order valence-corrected chi connectivity index (χ1v) is 5.38. The molecular weight excluding hydrogens is 248 g/mol. The fourth-order valence-corrected chi connectivity index (χ4v) is 0.118. The molecule has 0 unspecified atom stereocenters. The van der Waals surface area contributed by atoms with Crippen molar-refractivity contribution in [1.29, 1.82) is 0 Å². The second-order valence-corrected chi connectivity index (χ2v) is 0.642. The minimum atomic E-state index is 1.50. The average Bonchev–Trinajstić information content (AvgIpc) is 1.75. The molecule has 0 amide bonds. The zero-order chi connectivity index (χ0) is 6.12. The van der Waals surface area contributed by atoms with Crippen molar-refractivity contribution in [2.75, 3.05) is 14.2 Å². The van der Waals surface area contributed by atoms with Crippen LogP contribution < -0.4 is 5.32 Å². The quantitative estimate of drug-likeness (QED) is 0.449. The van der Waals surface area contributed by atoms with Crippen LogP contribution in [0.25, 0.3) is 0 Å². The molecule has 1 N–H and O–H groups in total. The Kier molecular flexibility index (Phi) is 24.7. The predicted octanol–water partition coefficient (Wildman–Crippen LogP) is 0.855. The van der Waals surface area contributed by atoms with E-state index in [1.54, 1.807) is 14.2 Å². The Morgan fingerprint density at radius 3 is 2.14 bits per heavy atom. The van der Waals surface area contributed by atoms with Crippen LogP contribution in [-0.4, -0.2) is 14.2 Å². The molecule has 2 nitrogen and oxygen atoms in total. The van der Waals surface area contributed by atoms with Crippen LogP contribution in [-0.2, 0) is 17.5 Å². The Bertz CT molecular complexity index is 22.4. The molecule has 0 spiro atoms. The Balaban J connectivity index is 0. The summed E-state index contributed by atoms with van der Waals surface area (Å²) < 4.78 is 4.45. The molecular formula is C3H8IMnNO. The summed E-state index contributed by atoms with van der Waals surface area (Å²) in [5.74, 6) is 0. The zero-order valence-corrected chi connectivity index (χ0v) is 7.58. The number of ether oxygens (including phenoxy) is 1. The summed E-state index contributed by atoms with van der Waals surface area (Å²) in [6, 6.07) is 0. The summed E-state index contributed by atoms with van der Waals surface area (Å²) in [6.45, 7) is 1.50. The maximum absolute atomic E-state index is 4.45. The molecule has 0 bridgehead atoms. The van der Waals surface area contributed by atoms with E-state index in [0.717, 1.165) is 0 Å². The van der Waals surface area contributed by atoms with Gasteiger partial charge in [-0.3, -0.25) is 0 Å². The molecule has 0 rings (SSSR count). The predicted molar refractivity (Wildman–Crippen MR) is 34.4 cm³/mol. The Hall–Kier alpha value is 1.17. The van der Waals surface area contributed by atoms with E-state index in [-0.39, 0.29) is 0 Å². The van der Waals surface area contributed by atoms with Crippen molar-refractivity contribution in [3.8, 4) is 0 Å². The molecule has 0 aliphatic carbocycles. The van der Waals surface area contributed by atoms with Crippen LogP contribution in [0.2, 0.25) is 0 Å². The molecule has 0 aliphatic rings. The van der Waals surface area contributed by atoms with Gasteiger partial charge in [-0.25, -0.2) is 0 Å². The van der Waals surface area contributed by atoms with E-state index in [2.05, 4.69) is 22.8 Å². The Morgan fingerprint density at radius 2 is 2.14 bits per heavy atom. The molecule has 7 heavy (non-hydrogen) atoms. The van der Waals surface area contributed by atoms with Gasteiger partial charge in [-0.15, -0.1) is 0 Å². The summed E-state index contributed by atoms with van der Waals surface area (Å²) in [4.78, 5) is 0. The van der Waals surface area contributed by atoms with Gasteiger partial charge in [0.05, 0.1) is 0 Å². The number of hydrogen-bond acceptors (Lipinski definition) is 2. The van der Waals surface area contributed by atoms with Crippen molar-refractivity contribution < 1.29 is 17.5 Å². The molecule has 0 aromatic carbocycles. The number of rotatable bonds is 2. The molecule has 0 saturated carbocycles. The molecule has 0 aromatic rings. The second kappa shape index (κ2) is 15.7. The number of halogens is 1. The van der Waals surface area contributed by atoms with Gasteiger partial charge in [-0.2, -0.15) is 6.73 Å². The molecule has 4 heteroatoms. The Morgan fingerprint density at radius 1 is 1.71 bits per heavy atom. The van der Waals surface area contributed by atoms with Gasteiger partial charge in [0, 0.05) is 7.11 Å². The van der Waals surface area contributed by atoms with Crippen LogP contribution in [0, 0.1) is 6.73 Å². The molecule has 0 saturated heterocycles. The van der Waals surface area contributed by atoms with E-state index in [4.69, 9.17) is 0 Å². The molecule has 0 atom stereocenters. The maximum atomic E-state index is 4.45. The molecule has 0 aliphatic heterocycles. The summed E-state index contributed by atoms with van der Waals surface area (Å²) in [7, 11) is 3.38. The van der Waals surface area contributed by atoms with Crippen LogP contribution in [0.5, 0.6) is 0 Å². The van der Waals surface area contributed by atoms with Gasteiger partial charge >= 0.3 is 33.1 Å². The van der Waals surface area contributed by atoms with E-state index in [0.29, 0.717) is 0 Å². The molecule has 45 valence electrons. The number of methoxy groups -OCH3 is 1. The first-order chi connectivity index (χ1) is 3.41. The fraction of sp³-hybridized carbons (Fsp3) is 0.667. The molecule has 0 heterocycles. The van der Waals surface area contributed by atoms with Gasteiger partial charge in [-0.05, 0) is 7.05 Å². The van der Waals surface area contributed by atoms with Crippen LogP contribution in [0.4, 0.5) is 0 Å². The zero-order valence-electron chi connectivity index (χ0n) is 4.24. The molecule has 0 radical (unpaired) electrons. The van der Waals surface area contributed by atoms with Crippen molar-refractivity contribution in [2.24, 2.45) is 0 Å². The van der Waals surface area contributed by atoms with E-state index in [9.17, 15) is 0 Å². The van der Waals surface area contributed by atoms with Crippen molar-refractivity contribution in [3.63, 3.8) is 0 Å².